The molecule has 25 heavy (non-hydrogen) atoms. The number of ether oxygens (including phenoxy) is 2. The number of esters is 2. The van der Waals surface area contributed by atoms with Crippen LogP contribution in [0.25, 0.3) is 0 Å². The number of rotatable bonds is 5. The summed E-state index contributed by atoms with van der Waals surface area (Å²) in [6, 6.07) is 6.66. The van der Waals surface area contributed by atoms with Crippen LogP contribution in [0.4, 0.5) is 0 Å². The average molecular weight is 368 g/mol. The van der Waals surface area contributed by atoms with E-state index in [1.54, 1.807) is 24.3 Å². The predicted molar refractivity (Wildman–Crippen MR) is 91.6 cm³/mol. The van der Waals surface area contributed by atoms with Gasteiger partial charge in [0.1, 0.15) is 0 Å². The van der Waals surface area contributed by atoms with Gasteiger partial charge in [0.2, 0.25) is 0 Å². The van der Waals surface area contributed by atoms with Gasteiger partial charge in [0.05, 0.1) is 24.9 Å². The molecule has 1 aliphatic rings. The highest BCUT2D eigenvalue weighted by Crippen LogP contribution is 2.48. The van der Waals surface area contributed by atoms with Crippen LogP contribution in [0, 0.1) is 24.2 Å². The molecule has 138 valence electrons. The summed E-state index contributed by atoms with van der Waals surface area (Å²) in [6.07, 6.45) is 0.332. The fourth-order valence-corrected chi connectivity index (χ4v) is 5.36. The van der Waals surface area contributed by atoms with Crippen LogP contribution in [0.15, 0.2) is 29.2 Å². The third-order valence-electron chi connectivity index (χ3n) is 5.05. The van der Waals surface area contributed by atoms with Gasteiger partial charge in [-0.2, -0.15) is 0 Å². The number of aryl methyl sites for hydroxylation is 1. The van der Waals surface area contributed by atoms with Crippen molar-refractivity contribution >= 4 is 21.8 Å². The molecule has 0 unspecified atom stereocenters. The van der Waals surface area contributed by atoms with Gasteiger partial charge in [0, 0.05) is 0 Å². The van der Waals surface area contributed by atoms with Gasteiger partial charge in [0.25, 0.3) is 0 Å². The molecule has 0 N–H and O–H groups in total. The zero-order chi connectivity index (χ0) is 18.8. The van der Waals surface area contributed by atoms with Crippen molar-refractivity contribution in [1.82, 2.24) is 0 Å². The molecule has 0 heterocycles. The normalized spacial score (nSPS) is 22.4. The lowest BCUT2D eigenvalue weighted by molar-refractivity contribution is -0.169. The average Bonchev–Trinajstić information content (AvgIpc) is 2.90. The van der Waals surface area contributed by atoms with E-state index in [-0.39, 0.29) is 35.3 Å². The Kier molecular flexibility index (Phi) is 5.56. The first-order valence-electron chi connectivity index (χ1n) is 8.12. The largest absolute Gasteiger partial charge is 0.468 e. The van der Waals surface area contributed by atoms with Gasteiger partial charge >= 0.3 is 11.9 Å². The van der Waals surface area contributed by atoms with Crippen molar-refractivity contribution in [2.45, 2.75) is 31.6 Å². The number of hydrogen-bond acceptors (Lipinski definition) is 6. The lowest BCUT2D eigenvalue weighted by Gasteiger charge is -2.23. The molecule has 0 aromatic heterocycles. The van der Waals surface area contributed by atoms with Crippen LogP contribution in [0.2, 0.25) is 0 Å². The maximum atomic E-state index is 12.7. The van der Waals surface area contributed by atoms with E-state index in [1.165, 1.54) is 14.2 Å². The second-order valence-electron chi connectivity index (χ2n) is 6.81. The van der Waals surface area contributed by atoms with Crippen molar-refractivity contribution in [2.24, 2.45) is 17.3 Å². The monoisotopic (exact) mass is 368 g/mol. The summed E-state index contributed by atoms with van der Waals surface area (Å²) in [6.45, 7) is 3.74. The van der Waals surface area contributed by atoms with E-state index in [0.717, 1.165) is 5.56 Å². The van der Waals surface area contributed by atoms with Crippen molar-refractivity contribution in [1.29, 1.82) is 0 Å². The molecule has 0 amide bonds. The lowest BCUT2D eigenvalue weighted by atomic mass is 9.85. The van der Waals surface area contributed by atoms with Gasteiger partial charge in [-0.05, 0) is 43.7 Å². The quantitative estimate of drug-likeness (QED) is 0.585. The summed E-state index contributed by atoms with van der Waals surface area (Å²) in [4.78, 5) is 24.7. The number of benzene rings is 1. The molecule has 1 aliphatic carbocycles. The van der Waals surface area contributed by atoms with Gasteiger partial charge in [-0.15, -0.1) is 0 Å². The number of methoxy groups -OCH3 is 2. The molecule has 0 bridgehead atoms. The minimum atomic E-state index is -3.51. The third-order valence-corrected chi connectivity index (χ3v) is 6.91. The fraction of sp³-hybridized carbons (Fsp3) is 0.556. The van der Waals surface area contributed by atoms with Gasteiger partial charge in [-0.3, -0.25) is 9.59 Å². The number of carbonyl (C=O) groups excluding carboxylic acids is 2. The Morgan fingerprint density at radius 2 is 1.60 bits per heavy atom. The van der Waals surface area contributed by atoms with E-state index < -0.39 is 27.2 Å². The van der Waals surface area contributed by atoms with Gasteiger partial charge in [-0.1, -0.05) is 24.6 Å². The van der Waals surface area contributed by atoms with Crippen LogP contribution in [0.1, 0.15) is 25.3 Å². The Hall–Kier alpha value is -1.89. The summed E-state index contributed by atoms with van der Waals surface area (Å²) in [5.74, 6) is -1.90. The highest BCUT2D eigenvalue weighted by atomic mass is 32.2. The maximum absolute atomic E-state index is 12.7. The first-order chi connectivity index (χ1) is 11.7. The van der Waals surface area contributed by atoms with E-state index in [2.05, 4.69) is 0 Å². The molecule has 2 atom stereocenters. The SMILES string of the molecule is COC(=O)C1(C(=O)OC)C[C@@H](CS(=O)(=O)c2ccc(C)cc2)[C@@H](C)C1. The Morgan fingerprint density at radius 1 is 1.08 bits per heavy atom. The van der Waals surface area contributed by atoms with E-state index in [9.17, 15) is 18.0 Å². The molecular formula is C18H24O6S. The molecule has 1 fully saturated rings. The summed E-state index contributed by atoms with van der Waals surface area (Å²) >= 11 is 0. The Morgan fingerprint density at radius 3 is 2.08 bits per heavy atom. The van der Waals surface area contributed by atoms with E-state index in [4.69, 9.17) is 9.47 Å². The molecule has 1 aromatic rings. The zero-order valence-electron chi connectivity index (χ0n) is 14.9. The van der Waals surface area contributed by atoms with Gasteiger partial charge in [0.15, 0.2) is 15.3 Å². The van der Waals surface area contributed by atoms with Crippen molar-refractivity contribution in [3.8, 4) is 0 Å². The second-order valence-corrected chi connectivity index (χ2v) is 8.84. The van der Waals surface area contributed by atoms with Crippen LogP contribution in [-0.2, 0) is 28.9 Å². The molecule has 0 spiro atoms. The second kappa shape index (κ2) is 7.15. The van der Waals surface area contributed by atoms with Crippen LogP contribution in [0.3, 0.4) is 0 Å². The molecule has 1 saturated carbocycles. The zero-order valence-corrected chi connectivity index (χ0v) is 15.8. The van der Waals surface area contributed by atoms with Crippen LogP contribution >= 0.6 is 0 Å². The smallest absolute Gasteiger partial charge is 0.323 e. The molecular weight excluding hydrogens is 344 g/mol. The van der Waals surface area contributed by atoms with Gasteiger partial charge < -0.3 is 9.47 Å². The lowest BCUT2D eigenvalue weighted by Crippen LogP contribution is -2.39. The van der Waals surface area contributed by atoms with Crippen molar-refractivity contribution in [2.75, 3.05) is 20.0 Å². The van der Waals surface area contributed by atoms with Crippen molar-refractivity contribution in [3.05, 3.63) is 29.8 Å². The Bertz CT molecular complexity index is 734. The van der Waals surface area contributed by atoms with Crippen molar-refractivity contribution in [3.63, 3.8) is 0 Å². The highest BCUT2D eigenvalue weighted by molar-refractivity contribution is 7.91. The number of hydrogen-bond donors (Lipinski definition) is 0. The first-order valence-corrected chi connectivity index (χ1v) is 9.78. The topological polar surface area (TPSA) is 86.7 Å². The summed E-state index contributed by atoms with van der Waals surface area (Å²) in [7, 11) is -1.08. The molecule has 1 aromatic carbocycles. The molecule has 6 nitrogen and oxygen atoms in total. The highest BCUT2D eigenvalue weighted by Gasteiger charge is 2.56. The predicted octanol–water partition coefficient (Wildman–Crippen LogP) is 2.15. The van der Waals surface area contributed by atoms with E-state index in [0.29, 0.717) is 0 Å². The molecule has 0 aliphatic heterocycles. The third kappa shape index (κ3) is 3.71. The molecule has 7 heteroatoms. The minimum absolute atomic E-state index is 0.110. The first kappa shape index (κ1) is 19.4. The molecule has 0 saturated heterocycles. The maximum Gasteiger partial charge on any atom is 0.323 e. The number of carbonyl (C=O) groups is 2. The summed E-state index contributed by atoms with van der Waals surface area (Å²) in [5, 5.41) is 0. The fourth-order valence-electron chi connectivity index (χ4n) is 3.60. The van der Waals surface area contributed by atoms with Crippen LogP contribution < -0.4 is 0 Å². The van der Waals surface area contributed by atoms with Crippen molar-refractivity contribution < 1.29 is 27.5 Å². The summed E-state index contributed by atoms with van der Waals surface area (Å²) < 4.78 is 35.0. The minimum Gasteiger partial charge on any atom is -0.468 e. The number of sulfone groups is 1. The Labute approximate surface area is 148 Å². The van der Waals surface area contributed by atoms with Gasteiger partial charge in [-0.25, -0.2) is 8.42 Å². The van der Waals surface area contributed by atoms with Crippen LogP contribution in [-0.4, -0.2) is 40.3 Å². The summed E-state index contributed by atoms with van der Waals surface area (Å²) in [5.41, 5.74) is -0.445. The van der Waals surface area contributed by atoms with Crippen LogP contribution in [0.5, 0.6) is 0 Å². The standard InChI is InChI=1S/C18H24O6S/c1-12-5-7-15(8-6-12)25(21,22)11-14-10-18(9-13(14)2,16(19)23-3)17(20)24-4/h5-8,13-14H,9-11H2,1-4H3/t13-,14-/m0/s1. The van der Waals surface area contributed by atoms with E-state index >= 15 is 0 Å². The van der Waals surface area contributed by atoms with E-state index in [1.807, 2.05) is 13.8 Å². The molecule has 2 rings (SSSR count). The molecule has 0 radical (unpaired) electrons. The Balaban J connectivity index is 2.27.